The maximum Gasteiger partial charge on any atom is 0.218 e. The molecule has 0 aromatic heterocycles. The van der Waals surface area contributed by atoms with Crippen LogP contribution in [0.4, 0.5) is 0 Å². The van der Waals surface area contributed by atoms with Crippen molar-refractivity contribution in [2.45, 2.75) is 31.2 Å². The zero-order valence-corrected chi connectivity index (χ0v) is 16.2. The minimum Gasteiger partial charge on any atom is -0.294 e. The Balaban J connectivity index is 1.41. The van der Waals surface area contributed by atoms with Gasteiger partial charge in [-0.05, 0) is 41.7 Å². The summed E-state index contributed by atoms with van der Waals surface area (Å²) >= 11 is 5.89. The van der Waals surface area contributed by atoms with Crippen LogP contribution in [0.1, 0.15) is 23.1 Å². The second kappa shape index (κ2) is 7.31. The first kappa shape index (κ1) is 18.0. The predicted molar refractivity (Wildman–Crippen MR) is 105 cm³/mol. The van der Waals surface area contributed by atoms with E-state index in [0.29, 0.717) is 24.2 Å². The fourth-order valence-corrected chi connectivity index (χ4v) is 5.68. The molecule has 1 unspecified atom stereocenters. The van der Waals surface area contributed by atoms with Gasteiger partial charge in [0.15, 0.2) is 0 Å². The molecule has 0 aliphatic carbocycles. The molecule has 138 valence electrons. The molecule has 2 aliphatic rings. The molecule has 0 saturated carbocycles. The first-order valence-electron chi connectivity index (χ1n) is 9.04. The number of rotatable bonds is 4. The van der Waals surface area contributed by atoms with E-state index >= 15 is 0 Å². The van der Waals surface area contributed by atoms with E-state index in [9.17, 15) is 8.42 Å². The molecule has 4 nitrogen and oxygen atoms in total. The Bertz CT molecular complexity index is 883. The van der Waals surface area contributed by atoms with E-state index in [1.807, 2.05) is 0 Å². The normalized spacial score (nSPS) is 21.7. The fourth-order valence-electron chi connectivity index (χ4n) is 3.97. The molecule has 0 amide bonds. The fraction of sp³-hybridized carbons (Fsp3) is 0.400. The molecular weight excluding hydrogens is 368 g/mol. The molecule has 0 spiro atoms. The number of halogens is 1. The van der Waals surface area contributed by atoms with Crippen molar-refractivity contribution in [1.29, 1.82) is 0 Å². The summed E-state index contributed by atoms with van der Waals surface area (Å²) in [5.41, 5.74) is 3.58. The standard InChI is InChI=1S/C20H23ClN2O2S/c21-19-7-5-16(6-8-19)15-26(24,25)23-12-10-20(14-23)22-11-9-17-3-1-2-4-18(17)13-22/h1-8,20H,9-15H2. The van der Waals surface area contributed by atoms with Gasteiger partial charge >= 0.3 is 0 Å². The molecule has 1 saturated heterocycles. The van der Waals surface area contributed by atoms with Crippen LogP contribution in [0, 0.1) is 0 Å². The third-order valence-electron chi connectivity index (χ3n) is 5.46. The third kappa shape index (κ3) is 3.81. The van der Waals surface area contributed by atoms with Crippen molar-refractivity contribution in [3.63, 3.8) is 0 Å². The van der Waals surface area contributed by atoms with Crippen molar-refractivity contribution in [1.82, 2.24) is 9.21 Å². The van der Waals surface area contributed by atoms with Gasteiger partial charge < -0.3 is 0 Å². The van der Waals surface area contributed by atoms with Gasteiger partial charge in [0, 0.05) is 37.2 Å². The van der Waals surface area contributed by atoms with E-state index in [1.165, 1.54) is 11.1 Å². The van der Waals surface area contributed by atoms with E-state index in [0.717, 1.165) is 31.5 Å². The highest BCUT2D eigenvalue weighted by molar-refractivity contribution is 7.88. The van der Waals surface area contributed by atoms with Gasteiger partial charge in [0.25, 0.3) is 0 Å². The van der Waals surface area contributed by atoms with Crippen molar-refractivity contribution in [2.24, 2.45) is 0 Å². The van der Waals surface area contributed by atoms with Crippen molar-refractivity contribution >= 4 is 21.6 Å². The SMILES string of the molecule is O=S(=O)(Cc1ccc(Cl)cc1)N1CCC(N2CCc3ccccc3C2)C1. The zero-order valence-electron chi connectivity index (χ0n) is 14.6. The van der Waals surface area contributed by atoms with Gasteiger partial charge in [-0.1, -0.05) is 48.0 Å². The molecule has 2 heterocycles. The first-order valence-corrected chi connectivity index (χ1v) is 11.0. The van der Waals surface area contributed by atoms with Crippen LogP contribution in [0.2, 0.25) is 5.02 Å². The molecule has 4 rings (SSSR count). The van der Waals surface area contributed by atoms with E-state index in [2.05, 4.69) is 29.2 Å². The van der Waals surface area contributed by atoms with Crippen LogP contribution in [-0.2, 0) is 28.7 Å². The van der Waals surface area contributed by atoms with Crippen LogP contribution in [0.15, 0.2) is 48.5 Å². The van der Waals surface area contributed by atoms with E-state index in [-0.39, 0.29) is 5.75 Å². The smallest absolute Gasteiger partial charge is 0.218 e. The molecule has 0 bridgehead atoms. The van der Waals surface area contributed by atoms with E-state index < -0.39 is 10.0 Å². The minimum absolute atomic E-state index is 0.0414. The number of hydrogen-bond acceptors (Lipinski definition) is 3. The molecule has 2 aliphatic heterocycles. The lowest BCUT2D eigenvalue weighted by atomic mass is 9.98. The van der Waals surface area contributed by atoms with Gasteiger partial charge in [0.1, 0.15) is 0 Å². The third-order valence-corrected chi connectivity index (χ3v) is 7.53. The van der Waals surface area contributed by atoms with Gasteiger partial charge in [-0.25, -0.2) is 12.7 Å². The Morgan fingerprint density at radius 2 is 1.73 bits per heavy atom. The van der Waals surface area contributed by atoms with Gasteiger partial charge in [0.05, 0.1) is 5.75 Å². The van der Waals surface area contributed by atoms with Crippen molar-refractivity contribution in [2.75, 3.05) is 19.6 Å². The van der Waals surface area contributed by atoms with Gasteiger partial charge in [-0.3, -0.25) is 4.90 Å². The second-order valence-corrected chi connectivity index (χ2v) is 9.58. The molecular formula is C20H23ClN2O2S. The molecule has 6 heteroatoms. The number of fused-ring (bicyclic) bond motifs is 1. The summed E-state index contributed by atoms with van der Waals surface area (Å²) in [6.07, 6.45) is 1.95. The Morgan fingerprint density at radius 3 is 2.50 bits per heavy atom. The number of hydrogen-bond donors (Lipinski definition) is 0. The molecule has 0 radical (unpaired) electrons. The number of sulfonamides is 1. The summed E-state index contributed by atoms with van der Waals surface area (Å²) in [5.74, 6) is 0.0414. The van der Waals surface area contributed by atoms with Crippen LogP contribution >= 0.6 is 11.6 Å². The Morgan fingerprint density at radius 1 is 1.00 bits per heavy atom. The van der Waals surface area contributed by atoms with Crippen LogP contribution in [0.25, 0.3) is 0 Å². The predicted octanol–water partition coefficient (Wildman–Crippen LogP) is 3.30. The van der Waals surface area contributed by atoms with Gasteiger partial charge in [-0.15, -0.1) is 0 Å². The van der Waals surface area contributed by atoms with Crippen LogP contribution in [-0.4, -0.2) is 43.3 Å². The maximum absolute atomic E-state index is 12.8. The summed E-state index contributed by atoms with van der Waals surface area (Å²) in [5, 5.41) is 0.623. The maximum atomic E-state index is 12.8. The van der Waals surface area contributed by atoms with Gasteiger partial charge in [-0.2, -0.15) is 0 Å². The Kier molecular flexibility index (Phi) is 5.06. The average Bonchev–Trinajstić information content (AvgIpc) is 3.14. The lowest BCUT2D eigenvalue weighted by Crippen LogP contribution is -2.41. The van der Waals surface area contributed by atoms with Crippen LogP contribution < -0.4 is 0 Å². The Labute approximate surface area is 160 Å². The molecule has 26 heavy (non-hydrogen) atoms. The summed E-state index contributed by atoms with van der Waals surface area (Å²) in [4.78, 5) is 2.44. The molecule has 0 N–H and O–H groups in total. The summed E-state index contributed by atoms with van der Waals surface area (Å²) in [6, 6.07) is 15.9. The highest BCUT2D eigenvalue weighted by Crippen LogP contribution is 2.26. The average molecular weight is 391 g/mol. The highest BCUT2D eigenvalue weighted by atomic mass is 35.5. The first-order chi connectivity index (χ1) is 12.5. The number of nitrogens with zero attached hydrogens (tertiary/aromatic N) is 2. The zero-order chi connectivity index (χ0) is 18.1. The van der Waals surface area contributed by atoms with E-state index in [1.54, 1.807) is 28.6 Å². The largest absolute Gasteiger partial charge is 0.294 e. The lowest BCUT2D eigenvalue weighted by molar-refractivity contribution is 0.185. The van der Waals surface area contributed by atoms with Crippen molar-refractivity contribution < 1.29 is 8.42 Å². The highest BCUT2D eigenvalue weighted by Gasteiger charge is 2.35. The van der Waals surface area contributed by atoms with Crippen LogP contribution in [0.3, 0.4) is 0 Å². The second-order valence-electron chi connectivity index (χ2n) is 7.17. The molecule has 2 aromatic carbocycles. The Hall–Kier alpha value is -1.40. The quantitative estimate of drug-likeness (QED) is 0.804. The van der Waals surface area contributed by atoms with Crippen LogP contribution in [0.5, 0.6) is 0 Å². The minimum atomic E-state index is -3.29. The molecule has 2 aromatic rings. The molecule has 1 fully saturated rings. The van der Waals surface area contributed by atoms with Gasteiger partial charge in [0.2, 0.25) is 10.0 Å². The lowest BCUT2D eigenvalue weighted by Gasteiger charge is -2.33. The van der Waals surface area contributed by atoms with Crippen molar-refractivity contribution in [3.05, 3.63) is 70.2 Å². The number of benzene rings is 2. The monoisotopic (exact) mass is 390 g/mol. The van der Waals surface area contributed by atoms with E-state index in [4.69, 9.17) is 11.6 Å². The summed E-state index contributed by atoms with van der Waals surface area (Å²) in [6.45, 7) is 3.13. The topological polar surface area (TPSA) is 40.6 Å². The molecule has 1 atom stereocenters. The summed E-state index contributed by atoms with van der Waals surface area (Å²) < 4.78 is 27.2. The van der Waals surface area contributed by atoms with Crippen molar-refractivity contribution in [3.8, 4) is 0 Å². The summed E-state index contributed by atoms with van der Waals surface area (Å²) in [7, 11) is -3.29.